The topological polar surface area (TPSA) is 64.4 Å². The first kappa shape index (κ1) is 18.5. The van der Waals surface area contributed by atoms with Gasteiger partial charge in [-0.25, -0.2) is 9.69 Å². The first-order valence-corrected chi connectivity index (χ1v) is 7.91. The van der Waals surface area contributed by atoms with Gasteiger partial charge in [0.05, 0.1) is 22.9 Å². The van der Waals surface area contributed by atoms with Crippen LogP contribution in [-0.2, 0) is 16.5 Å². The third kappa shape index (κ3) is 2.72. The van der Waals surface area contributed by atoms with E-state index >= 15 is 0 Å². The average Bonchev–Trinajstić information content (AvgIpc) is 2.82. The Morgan fingerprint density at radius 3 is 2.26 bits per heavy atom. The van der Waals surface area contributed by atoms with Crippen molar-refractivity contribution in [2.45, 2.75) is 18.6 Å². The van der Waals surface area contributed by atoms with E-state index in [2.05, 4.69) is 0 Å². The number of urea groups is 1. The number of nitriles is 1. The summed E-state index contributed by atoms with van der Waals surface area (Å²) in [7, 11) is 1.42. The zero-order valence-corrected chi connectivity index (χ0v) is 14.4. The molecular weight excluding hydrogens is 359 g/mol. The molecule has 1 aliphatic heterocycles. The molecule has 0 aromatic heterocycles. The summed E-state index contributed by atoms with van der Waals surface area (Å²) < 4.78 is 39.7. The van der Waals surface area contributed by atoms with E-state index < -0.39 is 34.8 Å². The first-order chi connectivity index (χ1) is 12.6. The quantitative estimate of drug-likeness (QED) is 0.750. The standard InChI is InChI=1S/C19H14F3N3O2/c1-18(13-6-4-3-5-7-13)16(26)25(17(27)24(18)2)14-9-8-12(11-23)15(10-14)19(20,21)22/h3-10H,1-2H3. The van der Waals surface area contributed by atoms with Crippen molar-refractivity contribution >= 4 is 17.6 Å². The van der Waals surface area contributed by atoms with E-state index in [-0.39, 0.29) is 5.69 Å². The zero-order chi connectivity index (χ0) is 20.0. The summed E-state index contributed by atoms with van der Waals surface area (Å²) >= 11 is 0. The summed E-state index contributed by atoms with van der Waals surface area (Å²) in [4.78, 5) is 27.7. The Bertz CT molecular complexity index is 966. The molecule has 8 heteroatoms. The van der Waals surface area contributed by atoms with Crippen LogP contribution in [0.2, 0.25) is 0 Å². The fourth-order valence-electron chi connectivity index (χ4n) is 3.10. The summed E-state index contributed by atoms with van der Waals surface area (Å²) in [5.74, 6) is -0.668. The number of carbonyl (C=O) groups excluding carboxylic acids is 2. The van der Waals surface area contributed by atoms with Crippen LogP contribution in [-0.4, -0.2) is 23.9 Å². The highest BCUT2D eigenvalue weighted by molar-refractivity contribution is 6.23. The molecule has 138 valence electrons. The molecule has 1 saturated heterocycles. The summed E-state index contributed by atoms with van der Waals surface area (Å²) in [5.41, 5.74) is -2.82. The van der Waals surface area contributed by atoms with Gasteiger partial charge in [-0.2, -0.15) is 18.4 Å². The molecule has 0 N–H and O–H groups in total. The molecule has 5 nitrogen and oxygen atoms in total. The Hall–Kier alpha value is -3.34. The molecule has 1 fully saturated rings. The highest BCUT2D eigenvalue weighted by Gasteiger charge is 2.54. The lowest BCUT2D eigenvalue weighted by atomic mass is 9.90. The first-order valence-electron chi connectivity index (χ1n) is 7.91. The Labute approximate surface area is 153 Å². The zero-order valence-electron chi connectivity index (χ0n) is 14.4. The molecule has 1 atom stereocenters. The summed E-state index contributed by atoms with van der Waals surface area (Å²) in [6.45, 7) is 1.54. The fraction of sp³-hybridized carbons (Fsp3) is 0.211. The number of rotatable bonds is 2. The maximum atomic E-state index is 13.2. The molecule has 1 aliphatic rings. The predicted molar refractivity (Wildman–Crippen MR) is 90.6 cm³/mol. The van der Waals surface area contributed by atoms with E-state index in [0.29, 0.717) is 16.5 Å². The van der Waals surface area contributed by atoms with Crippen molar-refractivity contribution in [1.82, 2.24) is 4.90 Å². The van der Waals surface area contributed by atoms with Gasteiger partial charge in [0.2, 0.25) is 0 Å². The number of halogens is 3. The molecule has 2 aromatic carbocycles. The average molecular weight is 373 g/mol. The molecule has 3 amide bonds. The van der Waals surface area contributed by atoms with Crippen LogP contribution in [0.4, 0.5) is 23.7 Å². The smallest absolute Gasteiger partial charge is 0.308 e. The van der Waals surface area contributed by atoms with E-state index in [9.17, 15) is 22.8 Å². The second kappa shape index (κ2) is 6.13. The number of likely N-dealkylation sites (N-methyl/N-ethyl adjacent to an activating group) is 1. The number of carbonyl (C=O) groups is 2. The van der Waals surface area contributed by atoms with Crippen LogP contribution < -0.4 is 4.90 Å². The molecule has 3 rings (SSSR count). The lowest BCUT2D eigenvalue weighted by Crippen LogP contribution is -2.42. The van der Waals surface area contributed by atoms with Gasteiger partial charge in [-0.15, -0.1) is 0 Å². The second-order valence-corrected chi connectivity index (χ2v) is 6.26. The van der Waals surface area contributed by atoms with Gasteiger partial charge in [0, 0.05) is 7.05 Å². The Balaban J connectivity index is 2.13. The van der Waals surface area contributed by atoms with E-state index in [0.717, 1.165) is 12.1 Å². The van der Waals surface area contributed by atoms with Crippen molar-refractivity contribution in [3.63, 3.8) is 0 Å². The molecule has 1 heterocycles. The van der Waals surface area contributed by atoms with Crippen molar-refractivity contribution < 1.29 is 22.8 Å². The van der Waals surface area contributed by atoms with Gasteiger partial charge in [-0.05, 0) is 30.7 Å². The molecule has 27 heavy (non-hydrogen) atoms. The maximum absolute atomic E-state index is 13.2. The normalized spacial score (nSPS) is 20.1. The minimum Gasteiger partial charge on any atom is -0.308 e. The van der Waals surface area contributed by atoms with Crippen LogP contribution in [0.15, 0.2) is 48.5 Å². The number of hydrogen-bond acceptors (Lipinski definition) is 3. The van der Waals surface area contributed by atoms with E-state index in [1.54, 1.807) is 30.3 Å². The van der Waals surface area contributed by atoms with Crippen LogP contribution in [0.1, 0.15) is 23.6 Å². The van der Waals surface area contributed by atoms with Crippen molar-refractivity contribution in [2.24, 2.45) is 0 Å². The second-order valence-electron chi connectivity index (χ2n) is 6.26. The number of hydrogen-bond donors (Lipinski definition) is 0. The number of anilines is 1. The van der Waals surface area contributed by atoms with Crippen molar-refractivity contribution in [2.75, 3.05) is 11.9 Å². The van der Waals surface area contributed by atoms with Crippen LogP contribution in [0, 0.1) is 11.3 Å². The van der Waals surface area contributed by atoms with E-state index in [1.807, 2.05) is 0 Å². The molecule has 0 spiro atoms. The van der Waals surface area contributed by atoms with Gasteiger partial charge in [-0.1, -0.05) is 30.3 Å². The third-order valence-corrected chi connectivity index (χ3v) is 4.79. The molecule has 0 saturated carbocycles. The van der Waals surface area contributed by atoms with Gasteiger partial charge in [0.25, 0.3) is 5.91 Å². The van der Waals surface area contributed by atoms with Gasteiger partial charge in [0.15, 0.2) is 0 Å². The summed E-state index contributed by atoms with van der Waals surface area (Å²) in [6.07, 6.45) is -4.79. The monoisotopic (exact) mass is 373 g/mol. The molecule has 0 radical (unpaired) electrons. The van der Waals surface area contributed by atoms with Crippen molar-refractivity contribution in [1.29, 1.82) is 5.26 Å². The summed E-state index contributed by atoms with van der Waals surface area (Å²) in [6, 6.07) is 12.0. The molecule has 0 bridgehead atoms. The van der Waals surface area contributed by atoms with Gasteiger partial charge in [-0.3, -0.25) is 4.79 Å². The SMILES string of the molecule is CN1C(=O)N(c2ccc(C#N)c(C(F)(F)F)c2)C(=O)C1(C)c1ccccc1. The summed E-state index contributed by atoms with van der Waals surface area (Å²) in [5, 5.41) is 8.91. The van der Waals surface area contributed by atoms with Crippen LogP contribution in [0.3, 0.4) is 0 Å². The third-order valence-electron chi connectivity index (χ3n) is 4.79. The number of alkyl halides is 3. The number of benzene rings is 2. The Morgan fingerprint density at radius 2 is 1.70 bits per heavy atom. The van der Waals surface area contributed by atoms with Crippen LogP contribution >= 0.6 is 0 Å². The lowest BCUT2D eigenvalue weighted by molar-refractivity contribution is -0.137. The van der Waals surface area contributed by atoms with Crippen LogP contribution in [0.5, 0.6) is 0 Å². The van der Waals surface area contributed by atoms with Crippen molar-refractivity contribution in [3.05, 3.63) is 65.2 Å². The number of imide groups is 1. The van der Waals surface area contributed by atoms with E-state index in [1.165, 1.54) is 24.9 Å². The van der Waals surface area contributed by atoms with Gasteiger partial charge in [0.1, 0.15) is 5.54 Å². The highest BCUT2D eigenvalue weighted by atomic mass is 19.4. The molecular formula is C19H14F3N3O2. The van der Waals surface area contributed by atoms with Crippen LogP contribution in [0.25, 0.3) is 0 Å². The highest BCUT2D eigenvalue weighted by Crippen LogP contribution is 2.40. The number of amides is 3. The lowest BCUT2D eigenvalue weighted by Gasteiger charge is -2.28. The largest absolute Gasteiger partial charge is 0.417 e. The van der Waals surface area contributed by atoms with E-state index in [4.69, 9.17) is 5.26 Å². The van der Waals surface area contributed by atoms with Gasteiger partial charge >= 0.3 is 12.2 Å². The van der Waals surface area contributed by atoms with Gasteiger partial charge < -0.3 is 4.90 Å². The number of nitrogens with zero attached hydrogens (tertiary/aromatic N) is 3. The minimum atomic E-state index is -4.79. The fourth-order valence-corrected chi connectivity index (χ4v) is 3.10. The molecule has 0 aliphatic carbocycles. The Morgan fingerprint density at radius 1 is 1.07 bits per heavy atom. The minimum absolute atomic E-state index is 0.233. The molecule has 1 unspecified atom stereocenters. The maximum Gasteiger partial charge on any atom is 0.417 e. The predicted octanol–water partition coefficient (Wildman–Crippen LogP) is 3.89. The molecule has 2 aromatic rings. The van der Waals surface area contributed by atoms with Crippen molar-refractivity contribution in [3.8, 4) is 6.07 Å². The Kier molecular flexibility index (Phi) is 4.19.